The monoisotopic (exact) mass is 585 g/mol. The summed E-state index contributed by atoms with van der Waals surface area (Å²) in [5, 5.41) is 16.4. The molecule has 0 bridgehead atoms. The first-order valence-electron chi connectivity index (χ1n) is 14.2. The molecule has 3 heterocycles. The lowest BCUT2D eigenvalue weighted by Crippen LogP contribution is -2.54. The average molecular weight is 586 g/mol. The number of nitrogens with zero attached hydrogens (tertiary/aromatic N) is 5. The van der Waals surface area contributed by atoms with Crippen molar-refractivity contribution in [2.75, 3.05) is 51.3 Å². The van der Waals surface area contributed by atoms with Crippen molar-refractivity contribution in [3.63, 3.8) is 0 Å². The number of methoxy groups -OCH3 is 1. The lowest BCUT2D eigenvalue weighted by Gasteiger charge is -2.35. The molecule has 2 aromatic rings. The second-order valence-corrected chi connectivity index (χ2v) is 11.5. The molecule has 3 atom stereocenters. The van der Waals surface area contributed by atoms with E-state index in [1.54, 1.807) is 24.5 Å². The number of amides is 1. The van der Waals surface area contributed by atoms with E-state index in [1.165, 1.54) is 35.8 Å². The minimum Gasteiger partial charge on any atom is -0.493 e. The van der Waals surface area contributed by atoms with Gasteiger partial charge in [0.1, 0.15) is 17.4 Å². The van der Waals surface area contributed by atoms with E-state index in [2.05, 4.69) is 14.9 Å². The molecular formula is C29H37ClFN7O3. The minimum absolute atomic E-state index is 0.0609. The van der Waals surface area contributed by atoms with Gasteiger partial charge in [-0.15, -0.1) is 0 Å². The zero-order valence-corrected chi connectivity index (χ0v) is 24.1. The van der Waals surface area contributed by atoms with Gasteiger partial charge in [0.05, 0.1) is 44.1 Å². The van der Waals surface area contributed by atoms with Crippen LogP contribution in [0.2, 0.25) is 5.02 Å². The Kier molecular flexibility index (Phi) is 9.22. The summed E-state index contributed by atoms with van der Waals surface area (Å²) in [4.78, 5) is 26.7. The van der Waals surface area contributed by atoms with E-state index < -0.39 is 5.82 Å². The molecule has 3 aliphatic rings. The largest absolute Gasteiger partial charge is 0.493 e. The number of carbonyl (C=O) groups is 1. The van der Waals surface area contributed by atoms with Crippen LogP contribution >= 0.6 is 11.6 Å². The number of aromatic nitrogens is 2. The molecule has 41 heavy (non-hydrogen) atoms. The summed E-state index contributed by atoms with van der Waals surface area (Å²) in [6, 6.07) is 4.55. The van der Waals surface area contributed by atoms with Crippen LogP contribution in [0.1, 0.15) is 37.7 Å². The van der Waals surface area contributed by atoms with E-state index in [0.29, 0.717) is 47.9 Å². The van der Waals surface area contributed by atoms with Gasteiger partial charge in [-0.05, 0) is 61.5 Å². The van der Waals surface area contributed by atoms with E-state index >= 15 is 0 Å². The summed E-state index contributed by atoms with van der Waals surface area (Å²) >= 11 is 5.93. The third kappa shape index (κ3) is 7.25. The fourth-order valence-electron chi connectivity index (χ4n) is 6.01. The summed E-state index contributed by atoms with van der Waals surface area (Å²) < 4.78 is 25.6. The van der Waals surface area contributed by atoms with Crippen LogP contribution in [0.3, 0.4) is 0 Å². The Morgan fingerprint density at radius 3 is 2.71 bits per heavy atom. The van der Waals surface area contributed by atoms with E-state index in [9.17, 15) is 9.18 Å². The number of amidine groups is 2. The first-order chi connectivity index (χ1) is 19.8. The van der Waals surface area contributed by atoms with Crippen LogP contribution in [-0.4, -0.2) is 84.0 Å². The molecule has 3 fully saturated rings. The smallest absolute Gasteiger partial charge is 0.289 e. The van der Waals surface area contributed by atoms with Crippen LogP contribution in [0.15, 0.2) is 30.6 Å². The molecular weight excluding hydrogens is 549 g/mol. The van der Waals surface area contributed by atoms with Crippen molar-refractivity contribution in [3.8, 4) is 5.75 Å². The molecule has 12 heteroatoms. The number of nitrogens with one attached hydrogen (secondary N) is 2. The first kappa shape index (κ1) is 29.0. The maximum absolute atomic E-state index is 14.8. The summed E-state index contributed by atoms with van der Waals surface area (Å²) in [6.45, 7) is 3.16. The molecule has 2 N–H and O–H groups in total. The quantitative estimate of drug-likeness (QED) is 0.351. The Labute approximate surface area is 244 Å². The van der Waals surface area contributed by atoms with Crippen molar-refractivity contribution in [2.24, 2.45) is 17.8 Å². The number of hydrogen-bond donors (Lipinski definition) is 2. The zero-order valence-electron chi connectivity index (χ0n) is 23.3. The number of ether oxygens (including phenoxy) is 2. The topological polar surface area (TPSA) is 119 Å². The second kappa shape index (κ2) is 13.0. The SMILES string of the molecule is COC(=N)N1CCN(C(=O)Cc2ccc(OCCC3CC3C3CCCN(c4ncc(Cl)cn4)CC3)cc2F)CC1=N. The van der Waals surface area contributed by atoms with Gasteiger partial charge in [-0.25, -0.2) is 14.4 Å². The van der Waals surface area contributed by atoms with Gasteiger partial charge < -0.3 is 19.3 Å². The zero-order chi connectivity index (χ0) is 28.9. The van der Waals surface area contributed by atoms with Crippen LogP contribution in [0.5, 0.6) is 5.75 Å². The summed E-state index contributed by atoms with van der Waals surface area (Å²) in [6.07, 6.45) is 8.85. The number of hydrogen-bond acceptors (Lipinski definition) is 8. The summed E-state index contributed by atoms with van der Waals surface area (Å²) in [5.74, 6) is 2.66. The third-order valence-corrected chi connectivity index (χ3v) is 8.62. The number of benzene rings is 1. The van der Waals surface area contributed by atoms with Gasteiger partial charge in [-0.2, -0.15) is 0 Å². The molecule has 0 spiro atoms. The Bertz CT molecular complexity index is 1260. The highest BCUT2D eigenvalue weighted by atomic mass is 35.5. The van der Waals surface area contributed by atoms with Crippen molar-refractivity contribution in [3.05, 3.63) is 47.0 Å². The van der Waals surface area contributed by atoms with Gasteiger partial charge >= 0.3 is 0 Å². The fourth-order valence-corrected chi connectivity index (χ4v) is 6.11. The maximum Gasteiger partial charge on any atom is 0.289 e. The Morgan fingerprint density at radius 1 is 1.17 bits per heavy atom. The number of carbonyl (C=O) groups excluding carboxylic acids is 1. The summed E-state index contributed by atoms with van der Waals surface area (Å²) in [5.41, 5.74) is 0.301. The lowest BCUT2D eigenvalue weighted by atomic mass is 9.93. The predicted octanol–water partition coefficient (Wildman–Crippen LogP) is 4.23. The highest BCUT2D eigenvalue weighted by molar-refractivity contribution is 6.30. The van der Waals surface area contributed by atoms with E-state index in [0.717, 1.165) is 44.2 Å². The van der Waals surface area contributed by atoms with Crippen LogP contribution in [-0.2, 0) is 16.0 Å². The first-order valence-corrected chi connectivity index (χ1v) is 14.6. The van der Waals surface area contributed by atoms with E-state index in [4.69, 9.17) is 31.9 Å². The Hall–Kier alpha value is -3.47. The second-order valence-electron chi connectivity index (χ2n) is 11.0. The van der Waals surface area contributed by atoms with Crippen molar-refractivity contribution in [1.29, 1.82) is 10.8 Å². The lowest BCUT2D eigenvalue weighted by molar-refractivity contribution is -0.130. The van der Waals surface area contributed by atoms with E-state index in [-0.39, 0.29) is 30.7 Å². The number of halogens is 2. The predicted molar refractivity (Wildman–Crippen MR) is 154 cm³/mol. The van der Waals surface area contributed by atoms with Gasteiger partial charge in [-0.1, -0.05) is 17.7 Å². The molecule has 1 saturated carbocycles. The Balaban J connectivity index is 1.03. The molecule has 2 saturated heterocycles. The van der Waals surface area contributed by atoms with Gasteiger partial charge in [0, 0.05) is 32.2 Å². The molecule has 1 aromatic carbocycles. The normalized spacial score (nSPS) is 22.8. The molecule has 5 rings (SSSR count). The van der Waals surface area contributed by atoms with Crippen molar-refractivity contribution in [2.45, 2.75) is 38.5 Å². The summed E-state index contributed by atoms with van der Waals surface area (Å²) in [7, 11) is 1.37. The van der Waals surface area contributed by atoms with Gasteiger partial charge in [-0.3, -0.25) is 20.5 Å². The van der Waals surface area contributed by atoms with Crippen molar-refractivity contribution in [1.82, 2.24) is 19.8 Å². The molecule has 1 aliphatic carbocycles. The molecule has 3 unspecified atom stereocenters. The minimum atomic E-state index is -0.470. The number of piperazine rings is 1. The Morgan fingerprint density at radius 2 is 1.98 bits per heavy atom. The molecule has 220 valence electrons. The van der Waals surface area contributed by atoms with Crippen LogP contribution < -0.4 is 9.64 Å². The van der Waals surface area contributed by atoms with Gasteiger partial charge in [0.15, 0.2) is 0 Å². The molecule has 10 nitrogen and oxygen atoms in total. The molecule has 0 radical (unpaired) electrons. The van der Waals surface area contributed by atoms with Gasteiger partial charge in [0.2, 0.25) is 11.9 Å². The highest BCUT2D eigenvalue weighted by Gasteiger charge is 2.42. The van der Waals surface area contributed by atoms with Crippen LogP contribution in [0.25, 0.3) is 0 Å². The van der Waals surface area contributed by atoms with Crippen molar-refractivity contribution < 1.29 is 18.7 Å². The van der Waals surface area contributed by atoms with Gasteiger partial charge in [0.25, 0.3) is 6.02 Å². The molecule has 2 aliphatic heterocycles. The number of anilines is 1. The van der Waals surface area contributed by atoms with E-state index in [1.807, 2.05) is 0 Å². The molecule has 1 aromatic heterocycles. The average Bonchev–Trinajstić information content (AvgIpc) is 3.77. The number of rotatable bonds is 8. The van der Waals surface area contributed by atoms with Crippen LogP contribution in [0, 0.1) is 34.4 Å². The maximum atomic E-state index is 14.8. The van der Waals surface area contributed by atoms with Crippen LogP contribution in [0.4, 0.5) is 10.3 Å². The fraction of sp³-hybridized carbons (Fsp3) is 0.552. The standard InChI is InChI=1S/C29H37ClFN7O3/c1-40-28(33)38-11-10-37(18-26(38)32)27(39)14-21-4-5-23(15-25(21)31)41-12-7-20-13-24(20)19-3-2-8-36(9-6-19)29-34-16-22(30)17-35-29/h4-5,15-17,19-20,24,32-33H,2-3,6-14,18H2,1H3. The third-order valence-electron chi connectivity index (χ3n) is 8.42. The highest BCUT2D eigenvalue weighted by Crippen LogP contribution is 2.49. The van der Waals surface area contributed by atoms with Crippen molar-refractivity contribution >= 4 is 35.3 Å². The molecule has 1 amide bonds.